The number of benzene rings is 1. The number of amides is 1. The number of nitrogens with zero attached hydrogens (tertiary/aromatic N) is 2. The van der Waals surface area contributed by atoms with Crippen molar-refractivity contribution in [2.24, 2.45) is 0 Å². The van der Waals surface area contributed by atoms with Crippen molar-refractivity contribution in [3.8, 4) is 0 Å². The average molecular weight is 373 g/mol. The van der Waals surface area contributed by atoms with Crippen LogP contribution in [-0.2, 0) is 14.8 Å². The number of pyridine rings is 1. The fourth-order valence-electron chi connectivity index (χ4n) is 2.80. The SMILES string of the molecule is O=C1C(NS(=O)(=O)c2cccc3cnccc23)CCN1CC(F)(F)F. The van der Waals surface area contributed by atoms with Crippen molar-refractivity contribution in [3.05, 3.63) is 36.7 Å². The first-order valence-corrected chi connectivity index (χ1v) is 8.86. The zero-order valence-electron chi connectivity index (χ0n) is 12.8. The number of sulfonamides is 1. The summed E-state index contributed by atoms with van der Waals surface area (Å²) in [7, 11) is -4.08. The van der Waals surface area contributed by atoms with Crippen LogP contribution < -0.4 is 4.72 Å². The standard InChI is InChI=1S/C15H14F3N3O3S/c16-15(17,18)9-21-7-5-12(14(21)22)20-25(23,24)13-3-1-2-10-8-19-6-4-11(10)13/h1-4,6,8,12,20H,5,7,9H2. The molecule has 1 fully saturated rings. The summed E-state index contributed by atoms with van der Waals surface area (Å²) in [5.41, 5.74) is 0. The van der Waals surface area contributed by atoms with E-state index in [0.29, 0.717) is 15.7 Å². The number of aromatic nitrogens is 1. The molecule has 2 heterocycles. The largest absolute Gasteiger partial charge is 0.406 e. The second kappa shape index (κ2) is 6.26. The fourth-order valence-corrected chi connectivity index (χ4v) is 4.25. The van der Waals surface area contributed by atoms with Crippen molar-refractivity contribution in [3.63, 3.8) is 0 Å². The van der Waals surface area contributed by atoms with Crippen LogP contribution in [-0.4, -0.2) is 49.5 Å². The topological polar surface area (TPSA) is 79.4 Å². The van der Waals surface area contributed by atoms with Gasteiger partial charge in [0, 0.05) is 29.7 Å². The molecule has 25 heavy (non-hydrogen) atoms. The maximum absolute atomic E-state index is 12.6. The van der Waals surface area contributed by atoms with E-state index in [1.54, 1.807) is 6.07 Å². The summed E-state index contributed by atoms with van der Waals surface area (Å²) in [6.07, 6.45) is -1.60. The molecule has 134 valence electrons. The van der Waals surface area contributed by atoms with Crippen LogP contribution in [0, 0.1) is 0 Å². The molecule has 1 N–H and O–H groups in total. The molecule has 1 saturated heterocycles. The number of alkyl halides is 3. The van der Waals surface area contributed by atoms with Crippen molar-refractivity contribution in [2.45, 2.75) is 23.5 Å². The number of fused-ring (bicyclic) bond motifs is 1. The summed E-state index contributed by atoms with van der Waals surface area (Å²) in [5.74, 6) is -0.872. The monoisotopic (exact) mass is 373 g/mol. The van der Waals surface area contributed by atoms with Crippen LogP contribution in [0.1, 0.15) is 6.42 Å². The highest BCUT2D eigenvalue weighted by Crippen LogP contribution is 2.25. The van der Waals surface area contributed by atoms with Gasteiger partial charge < -0.3 is 4.90 Å². The van der Waals surface area contributed by atoms with Crippen molar-refractivity contribution in [1.82, 2.24) is 14.6 Å². The van der Waals surface area contributed by atoms with Gasteiger partial charge in [-0.05, 0) is 18.6 Å². The average Bonchev–Trinajstić information content (AvgIpc) is 2.85. The number of hydrogen-bond donors (Lipinski definition) is 1. The van der Waals surface area contributed by atoms with Gasteiger partial charge in [0.2, 0.25) is 15.9 Å². The smallest absolute Gasteiger partial charge is 0.332 e. The van der Waals surface area contributed by atoms with Gasteiger partial charge in [0.25, 0.3) is 0 Å². The highest BCUT2D eigenvalue weighted by Gasteiger charge is 2.40. The highest BCUT2D eigenvalue weighted by molar-refractivity contribution is 7.89. The van der Waals surface area contributed by atoms with Crippen LogP contribution in [0.4, 0.5) is 13.2 Å². The van der Waals surface area contributed by atoms with E-state index in [9.17, 15) is 26.4 Å². The Labute approximate surface area is 141 Å². The Morgan fingerprint density at radius 2 is 2.04 bits per heavy atom. The lowest BCUT2D eigenvalue weighted by molar-refractivity contribution is -0.157. The Hall–Kier alpha value is -2.20. The Balaban J connectivity index is 1.84. The molecule has 10 heteroatoms. The minimum absolute atomic E-state index is 0.0134. The fraction of sp³-hybridized carbons (Fsp3) is 0.333. The summed E-state index contributed by atoms with van der Waals surface area (Å²) in [6.45, 7) is -1.53. The summed E-state index contributed by atoms with van der Waals surface area (Å²) in [5, 5.41) is 1.02. The quantitative estimate of drug-likeness (QED) is 0.884. The van der Waals surface area contributed by atoms with E-state index < -0.39 is 34.7 Å². The van der Waals surface area contributed by atoms with Crippen LogP contribution in [0.2, 0.25) is 0 Å². The van der Waals surface area contributed by atoms with E-state index in [0.717, 1.165) is 0 Å². The zero-order valence-corrected chi connectivity index (χ0v) is 13.6. The number of rotatable bonds is 4. The Morgan fingerprint density at radius 3 is 2.76 bits per heavy atom. The highest BCUT2D eigenvalue weighted by atomic mass is 32.2. The molecular weight excluding hydrogens is 359 g/mol. The molecule has 1 aliphatic rings. The van der Waals surface area contributed by atoms with Gasteiger partial charge in [0.05, 0.1) is 4.90 Å². The zero-order chi connectivity index (χ0) is 18.2. The Morgan fingerprint density at radius 1 is 1.28 bits per heavy atom. The van der Waals surface area contributed by atoms with Gasteiger partial charge in [-0.25, -0.2) is 8.42 Å². The molecule has 0 spiro atoms. The number of likely N-dealkylation sites (tertiary alicyclic amines) is 1. The Bertz CT molecular complexity index is 910. The van der Waals surface area contributed by atoms with Gasteiger partial charge in [-0.15, -0.1) is 0 Å². The molecule has 0 radical (unpaired) electrons. The number of nitrogens with one attached hydrogen (secondary N) is 1. The van der Waals surface area contributed by atoms with E-state index in [1.165, 1.54) is 30.6 Å². The molecule has 1 aromatic carbocycles. The molecule has 1 aromatic heterocycles. The molecule has 0 aliphatic carbocycles. The summed E-state index contributed by atoms with van der Waals surface area (Å²) < 4.78 is 64.8. The van der Waals surface area contributed by atoms with Crippen molar-refractivity contribution in [2.75, 3.05) is 13.1 Å². The second-order valence-corrected chi connectivity index (χ2v) is 7.37. The van der Waals surface area contributed by atoms with Crippen molar-refractivity contribution < 1.29 is 26.4 Å². The van der Waals surface area contributed by atoms with Gasteiger partial charge in [0.15, 0.2) is 0 Å². The summed E-state index contributed by atoms with van der Waals surface area (Å²) in [6, 6.07) is 4.91. The van der Waals surface area contributed by atoms with Gasteiger partial charge >= 0.3 is 6.18 Å². The van der Waals surface area contributed by atoms with Gasteiger partial charge in [-0.2, -0.15) is 17.9 Å². The lowest BCUT2D eigenvalue weighted by atomic mass is 10.2. The number of carbonyl (C=O) groups excluding carboxylic acids is 1. The van der Waals surface area contributed by atoms with Crippen LogP contribution >= 0.6 is 0 Å². The number of carbonyl (C=O) groups is 1. The maximum Gasteiger partial charge on any atom is 0.406 e. The van der Waals surface area contributed by atoms with E-state index >= 15 is 0 Å². The van der Waals surface area contributed by atoms with E-state index in [2.05, 4.69) is 9.71 Å². The normalized spacial score (nSPS) is 18.9. The minimum atomic E-state index is -4.52. The third-order valence-electron chi connectivity index (χ3n) is 3.90. The van der Waals surface area contributed by atoms with Gasteiger partial charge in [-0.1, -0.05) is 12.1 Å². The van der Waals surface area contributed by atoms with Crippen LogP contribution in [0.15, 0.2) is 41.6 Å². The number of hydrogen-bond acceptors (Lipinski definition) is 4. The first-order chi connectivity index (χ1) is 11.7. The van der Waals surface area contributed by atoms with Crippen molar-refractivity contribution in [1.29, 1.82) is 0 Å². The first kappa shape index (κ1) is 17.6. The van der Waals surface area contributed by atoms with Crippen molar-refractivity contribution >= 4 is 26.7 Å². The third kappa shape index (κ3) is 3.74. The van der Waals surface area contributed by atoms with Crippen LogP contribution in [0.25, 0.3) is 10.8 Å². The summed E-state index contributed by atoms with van der Waals surface area (Å²) >= 11 is 0. The third-order valence-corrected chi connectivity index (χ3v) is 5.43. The summed E-state index contributed by atoms with van der Waals surface area (Å²) in [4.78, 5) is 16.5. The van der Waals surface area contributed by atoms with Gasteiger partial charge in [-0.3, -0.25) is 9.78 Å². The van der Waals surface area contributed by atoms with Crippen LogP contribution in [0.5, 0.6) is 0 Å². The predicted molar refractivity (Wildman–Crippen MR) is 83.1 cm³/mol. The maximum atomic E-state index is 12.6. The molecule has 6 nitrogen and oxygen atoms in total. The lowest BCUT2D eigenvalue weighted by Crippen LogP contribution is -2.43. The van der Waals surface area contributed by atoms with E-state index in [1.807, 2.05) is 0 Å². The van der Waals surface area contributed by atoms with E-state index in [4.69, 9.17) is 0 Å². The molecule has 3 rings (SSSR count). The molecule has 1 amide bonds. The first-order valence-electron chi connectivity index (χ1n) is 7.38. The second-order valence-electron chi connectivity index (χ2n) is 5.69. The number of halogens is 3. The van der Waals surface area contributed by atoms with E-state index in [-0.39, 0.29) is 17.9 Å². The molecular formula is C15H14F3N3O3S. The Kier molecular flexibility index (Phi) is 4.41. The molecule has 1 unspecified atom stereocenters. The lowest BCUT2D eigenvalue weighted by Gasteiger charge is -2.19. The van der Waals surface area contributed by atoms with Gasteiger partial charge in [0.1, 0.15) is 12.6 Å². The molecule has 2 aromatic rings. The molecule has 0 bridgehead atoms. The van der Waals surface area contributed by atoms with Crippen LogP contribution in [0.3, 0.4) is 0 Å². The molecule has 1 aliphatic heterocycles. The molecule has 0 saturated carbocycles. The predicted octanol–water partition coefficient (Wildman–Crippen LogP) is 1.68. The minimum Gasteiger partial charge on any atom is -0.332 e. The molecule has 1 atom stereocenters.